The summed E-state index contributed by atoms with van der Waals surface area (Å²) in [6, 6.07) is 13.6. The molecule has 1 aliphatic rings. The van der Waals surface area contributed by atoms with E-state index < -0.39 is 23.8 Å². The van der Waals surface area contributed by atoms with Gasteiger partial charge in [-0.15, -0.1) is 0 Å². The zero-order chi connectivity index (χ0) is 27.4. The van der Waals surface area contributed by atoms with Crippen LogP contribution in [0.15, 0.2) is 66.2 Å². The molecule has 3 N–H and O–H groups in total. The molecule has 4 rings (SSSR count). The minimum Gasteiger partial charge on any atom is -0.508 e. The second-order valence-electron chi connectivity index (χ2n) is 7.85. The summed E-state index contributed by atoms with van der Waals surface area (Å²) < 4.78 is 10.9. The molecule has 3 aromatic rings. The van der Waals surface area contributed by atoms with Crippen molar-refractivity contribution >= 4 is 64.4 Å². The summed E-state index contributed by atoms with van der Waals surface area (Å²) in [5, 5.41) is 14.9. The molecular formula is C26H19Cl2N3O7. The fourth-order valence-corrected chi connectivity index (χ4v) is 3.77. The monoisotopic (exact) mass is 555 g/mol. The lowest BCUT2D eigenvalue weighted by Gasteiger charge is -2.26. The van der Waals surface area contributed by atoms with E-state index in [1.807, 2.05) is 0 Å². The van der Waals surface area contributed by atoms with Crippen molar-refractivity contribution in [3.63, 3.8) is 0 Å². The highest BCUT2D eigenvalue weighted by Gasteiger charge is 2.36. The van der Waals surface area contributed by atoms with Crippen LogP contribution in [-0.4, -0.2) is 42.6 Å². The summed E-state index contributed by atoms with van der Waals surface area (Å²) >= 11 is 11.8. The summed E-state index contributed by atoms with van der Waals surface area (Å²) in [7, 11) is 1.39. The van der Waals surface area contributed by atoms with E-state index in [1.165, 1.54) is 55.7 Å². The van der Waals surface area contributed by atoms with Gasteiger partial charge in [-0.1, -0.05) is 29.3 Å². The van der Waals surface area contributed by atoms with Crippen LogP contribution in [0.5, 0.6) is 17.2 Å². The van der Waals surface area contributed by atoms with Gasteiger partial charge in [-0.3, -0.25) is 19.7 Å². The number of anilines is 2. The maximum Gasteiger partial charge on any atom is 0.335 e. The van der Waals surface area contributed by atoms with Crippen molar-refractivity contribution in [2.24, 2.45) is 0 Å². The first-order valence-electron chi connectivity index (χ1n) is 10.9. The molecule has 0 saturated carbocycles. The van der Waals surface area contributed by atoms with Crippen molar-refractivity contribution in [2.45, 2.75) is 0 Å². The molecular weight excluding hydrogens is 537 g/mol. The number of rotatable bonds is 7. The lowest BCUT2D eigenvalue weighted by atomic mass is 10.1. The number of phenols is 1. The molecule has 0 atom stereocenters. The highest BCUT2D eigenvalue weighted by atomic mass is 35.5. The number of hydrogen-bond acceptors (Lipinski definition) is 7. The van der Waals surface area contributed by atoms with E-state index in [2.05, 4.69) is 10.6 Å². The number of carbonyl (C=O) groups excluding carboxylic acids is 4. The zero-order valence-electron chi connectivity index (χ0n) is 19.7. The molecule has 0 radical (unpaired) electrons. The maximum atomic E-state index is 13.0. The Morgan fingerprint density at radius 1 is 1.00 bits per heavy atom. The molecule has 0 aromatic heterocycles. The van der Waals surface area contributed by atoms with Gasteiger partial charge in [0.25, 0.3) is 17.7 Å². The number of amides is 5. The number of nitrogens with zero attached hydrogens (tertiary/aromatic N) is 1. The van der Waals surface area contributed by atoms with Crippen molar-refractivity contribution in [1.82, 2.24) is 5.32 Å². The molecule has 194 valence electrons. The normalized spacial score (nSPS) is 14.3. The van der Waals surface area contributed by atoms with Crippen LogP contribution in [0.1, 0.15) is 5.56 Å². The van der Waals surface area contributed by atoms with E-state index >= 15 is 0 Å². The van der Waals surface area contributed by atoms with Crippen LogP contribution in [0.25, 0.3) is 6.08 Å². The lowest BCUT2D eigenvalue weighted by molar-refractivity contribution is -0.122. The Bertz CT molecular complexity index is 1470. The molecule has 1 heterocycles. The first kappa shape index (κ1) is 26.5. The van der Waals surface area contributed by atoms with Crippen molar-refractivity contribution in [2.75, 3.05) is 23.9 Å². The molecule has 12 heteroatoms. The minimum absolute atomic E-state index is 0.0493. The van der Waals surface area contributed by atoms with Crippen LogP contribution in [0.2, 0.25) is 10.0 Å². The van der Waals surface area contributed by atoms with Gasteiger partial charge in [0, 0.05) is 5.69 Å². The van der Waals surface area contributed by atoms with E-state index in [9.17, 15) is 24.3 Å². The van der Waals surface area contributed by atoms with Gasteiger partial charge in [-0.25, -0.2) is 9.69 Å². The van der Waals surface area contributed by atoms with Gasteiger partial charge in [0.15, 0.2) is 18.1 Å². The van der Waals surface area contributed by atoms with Crippen molar-refractivity contribution in [1.29, 1.82) is 0 Å². The number of aromatic hydroxyl groups is 1. The summed E-state index contributed by atoms with van der Waals surface area (Å²) in [4.78, 5) is 50.8. The van der Waals surface area contributed by atoms with E-state index in [1.54, 1.807) is 18.2 Å². The quantitative estimate of drug-likeness (QED) is 0.290. The number of hydrogen-bond donors (Lipinski definition) is 3. The third-order valence-corrected chi connectivity index (χ3v) is 6.01. The Hall–Kier alpha value is -4.54. The molecule has 0 bridgehead atoms. The topological polar surface area (TPSA) is 134 Å². The fourth-order valence-electron chi connectivity index (χ4n) is 3.47. The molecule has 0 aliphatic carbocycles. The Morgan fingerprint density at radius 2 is 1.74 bits per heavy atom. The standard InChI is InChI=1S/C26H19Cl2N3O7/c1-37-22-11-14(2-9-21(22)38-13-23(33)29-15-3-8-19(27)20(28)12-15)10-18-24(34)30-26(36)31(25(18)35)16-4-6-17(32)7-5-16/h2-12,32H,13H2,1H3,(H,29,33)(H,30,34,36)/b18-10-. The number of barbiturate groups is 1. The Kier molecular flexibility index (Phi) is 7.85. The largest absolute Gasteiger partial charge is 0.508 e. The Balaban J connectivity index is 1.50. The first-order valence-corrected chi connectivity index (χ1v) is 11.7. The van der Waals surface area contributed by atoms with Crippen LogP contribution in [-0.2, 0) is 14.4 Å². The third kappa shape index (κ3) is 5.88. The van der Waals surface area contributed by atoms with Crippen molar-refractivity contribution in [3.8, 4) is 17.2 Å². The highest BCUT2D eigenvalue weighted by molar-refractivity contribution is 6.42. The first-order chi connectivity index (χ1) is 18.2. The van der Waals surface area contributed by atoms with E-state index in [0.717, 1.165) is 4.90 Å². The third-order valence-electron chi connectivity index (χ3n) is 5.27. The summed E-state index contributed by atoms with van der Waals surface area (Å²) in [5.74, 6) is -1.75. The van der Waals surface area contributed by atoms with Gasteiger partial charge in [0.05, 0.1) is 22.8 Å². The van der Waals surface area contributed by atoms with Crippen molar-refractivity contribution < 1.29 is 33.8 Å². The number of phenolic OH excluding ortho intramolecular Hbond substituents is 1. The summed E-state index contributed by atoms with van der Waals surface area (Å²) in [6.45, 7) is -0.346. The number of carbonyl (C=O) groups is 4. The van der Waals surface area contributed by atoms with E-state index in [-0.39, 0.29) is 40.1 Å². The smallest absolute Gasteiger partial charge is 0.335 e. The molecule has 38 heavy (non-hydrogen) atoms. The number of benzene rings is 3. The molecule has 3 aromatic carbocycles. The van der Waals surface area contributed by atoms with E-state index in [0.29, 0.717) is 16.3 Å². The van der Waals surface area contributed by atoms with Crippen molar-refractivity contribution in [3.05, 3.63) is 81.8 Å². The molecule has 1 fully saturated rings. The molecule has 1 saturated heterocycles. The second kappa shape index (κ2) is 11.2. The maximum absolute atomic E-state index is 13.0. The molecule has 5 amide bonds. The van der Waals surface area contributed by atoms with Gasteiger partial charge >= 0.3 is 6.03 Å². The molecule has 0 spiro atoms. The van der Waals surface area contributed by atoms with Crippen LogP contribution < -0.4 is 25.0 Å². The average Bonchev–Trinajstić information content (AvgIpc) is 2.88. The summed E-state index contributed by atoms with van der Waals surface area (Å²) in [6.07, 6.45) is 1.29. The number of urea groups is 1. The van der Waals surface area contributed by atoms with Gasteiger partial charge < -0.3 is 19.9 Å². The predicted octanol–water partition coefficient (Wildman–Crippen LogP) is 4.39. The van der Waals surface area contributed by atoms with E-state index in [4.69, 9.17) is 32.7 Å². The fraction of sp³-hybridized carbons (Fsp3) is 0.0769. The number of halogens is 2. The number of methoxy groups -OCH3 is 1. The van der Waals surface area contributed by atoms with Gasteiger partial charge in [0.1, 0.15) is 11.3 Å². The molecule has 1 aliphatic heterocycles. The second-order valence-corrected chi connectivity index (χ2v) is 8.66. The minimum atomic E-state index is -0.914. The predicted molar refractivity (Wildman–Crippen MR) is 141 cm³/mol. The van der Waals surface area contributed by atoms with Crippen LogP contribution in [0, 0.1) is 0 Å². The number of imide groups is 2. The Labute approximate surface area is 226 Å². The van der Waals surface area contributed by atoms with Crippen LogP contribution in [0.4, 0.5) is 16.2 Å². The SMILES string of the molecule is COc1cc(/C=C2/C(=O)NC(=O)N(c3ccc(O)cc3)C2=O)ccc1OCC(=O)Nc1ccc(Cl)c(Cl)c1. The number of nitrogens with one attached hydrogen (secondary N) is 2. The van der Waals surface area contributed by atoms with Crippen LogP contribution >= 0.6 is 23.2 Å². The zero-order valence-corrected chi connectivity index (χ0v) is 21.2. The lowest BCUT2D eigenvalue weighted by Crippen LogP contribution is -2.54. The van der Waals surface area contributed by atoms with Gasteiger partial charge in [-0.2, -0.15) is 0 Å². The van der Waals surface area contributed by atoms with Gasteiger partial charge in [-0.05, 0) is 66.2 Å². The molecule has 0 unspecified atom stereocenters. The average molecular weight is 556 g/mol. The van der Waals surface area contributed by atoms with Crippen LogP contribution in [0.3, 0.4) is 0 Å². The molecule has 10 nitrogen and oxygen atoms in total. The summed E-state index contributed by atoms with van der Waals surface area (Å²) in [5.41, 5.74) is 0.712. The van der Waals surface area contributed by atoms with Gasteiger partial charge in [0.2, 0.25) is 0 Å². The number of ether oxygens (including phenoxy) is 2. The Morgan fingerprint density at radius 3 is 2.42 bits per heavy atom. The highest BCUT2D eigenvalue weighted by Crippen LogP contribution is 2.30.